The summed E-state index contributed by atoms with van der Waals surface area (Å²) in [5, 5.41) is 0. The number of aryl methyl sites for hydroxylation is 2. The molecular formula is C12H14O4. The molecule has 1 aromatic carbocycles. The van der Waals surface area contributed by atoms with Crippen molar-refractivity contribution < 1.29 is 19.1 Å². The topological polar surface area (TPSA) is 52.6 Å². The van der Waals surface area contributed by atoms with Gasteiger partial charge in [0.05, 0.1) is 12.7 Å². The van der Waals surface area contributed by atoms with Crippen LogP contribution in [-0.4, -0.2) is 26.0 Å². The van der Waals surface area contributed by atoms with Crippen LogP contribution in [-0.2, 0) is 9.53 Å². The number of ether oxygens (including phenoxy) is 2. The molecule has 4 heteroatoms. The molecule has 0 atom stereocenters. The van der Waals surface area contributed by atoms with Crippen molar-refractivity contribution in [1.29, 1.82) is 0 Å². The molecule has 0 radical (unpaired) electrons. The second-order valence-electron chi connectivity index (χ2n) is 3.48. The first kappa shape index (κ1) is 12.2. The number of rotatable bonds is 4. The highest BCUT2D eigenvalue weighted by Gasteiger charge is 2.10. The predicted molar refractivity (Wildman–Crippen MR) is 58.8 cm³/mol. The molecule has 1 rings (SSSR count). The highest BCUT2D eigenvalue weighted by atomic mass is 16.6. The molecule has 1 aromatic rings. The minimum atomic E-state index is -0.475. The van der Waals surface area contributed by atoms with Crippen LogP contribution in [0.25, 0.3) is 0 Å². The number of hydrogen-bond acceptors (Lipinski definition) is 4. The molecule has 0 aliphatic carbocycles. The van der Waals surface area contributed by atoms with E-state index in [4.69, 9.17) is 4.74 Å². The van der Waals surface area contributed by atoms with Crippen LogP contribution in [0.3, 0.4) is 0 Å². The van der Waals surface area contributed by atoms with Crippen LogP contribution in [0, 0.1) is 13.8 Å². The van der Waals surface area contributed by atoms with Crippen LogP contribution < -0.4 is 4.74 Å². The number of methoxy groups -OCH3 is 1. The molecule has 0 N–H and O–H groups in total. The van der Waals surface area contributed by atoms with Crippen molar-refractivity contribution in [1.82, 2.24) is 0 Å². The fourth-order valence-electron chi connectivity index (χ4n) is 1.46. The molecule has 0 aliphatic rings. The predicted octanol–water partition coefficient (Wildman–Crippen LogP) is 1.67. The Kier molecular flexibility index (Phi) is 4.05. The van der Waals surface area contributed by atoms with Gasteiger partial charge in [0.1, 0.15) is 5.75 Å². The van der Waals surface area contributed by atoms with Crippen LogP contribution in [0.1, 0.15) is 21.5 Å². The lowest BCUT2D eigenvalue weighted by molar-refractivity contribution is -0.142. The Bertz CT molecular complexity index is 410. The molecule has 16 heavy (non-hydrogen) atoms. The lowest BCUT2D eigenvalue weighted by Gasteiger charge is -2.11. The minimum absolute atomic E-state index is 0.193. The molecule has 0 saturated carbocycles. The summed E-state index contributed by atoms with van der Waals surface area (Å²) >= 11 is 0. The zero-order valence-electron chi connectivity index (χ0n) is 9.57. The summed E-state index contributed by atoms with van der Waals surface area (Å²) in [5.74, 6) is -0.0391. The van der Waals surface area contributed by atoms with Crippen molar-refractivity contribution in [2.24, 2.45) is 0 Å². The van der Waals surface area contributed by atoms with E-state index in [9.17, 15) is 9.59 Å². The second-order valence-corrected chi connectivity index (χ2v) is 3.48. The molecule has 0 amide bonds. The Labute approximate surface area is 94.2 Å². The first-order valence-electron chi connectivity index (χ1n) is 4.84. The summed E-state index contributed by atoms with van der Waals surface area (Å²) in [6.07, 6.45) is 0.715. The molecule has 0 unspecified atom stereocenters. The van der Waals surface area contributed by atoms with Crippen molar-refractivity contribution >= 4 is 12.3 Å². The standard InChI is InChI=1S/C12H14O4/c1-8-4-9(2)12(10(5-8)6-13)16-7-11(14)15-3/h4-6H,7H2,1-3H3. The van der Waals surface area contributed by atoms with E-state index in [1.54, 1.807) is 6.07 Å². The average Bonchev–Trinajstić information content (AvgIpc) is 2.26. The first-order chi connectivity index (χ1) is 7.58. The summed E-state index contributed by atoms with van der Waals surface area (Å²) in [6.45, 7) is 3.53. The molecule has 0 heterocycles. The second kappa shape index (κ2) is 5.30. The molecule has 86 valence electrons. The number of aldehydes is 1. The molecule has 0 spiro atoms. The average molecular weight is 222 g/mol. The number of carbonyl (C=O) groups excluding carboxylic acids is 2. The maximum Gasteiger partial charge on any atom is 0.343 e. The molecule has 0 fully saturated rings. The monoisotopic (exact) mass is 222 g/mol. The SMILES string of the molecule is COC(=O)COc1c(C)cc(C)cc1C=O. The molecular weight excluding hydrogens is 208 g/mol. The largest absolute Gasteiger partial charge is 0.481 e. The van der Waals surface area contributed by atoms with E-state index in [0.29, 0.717) is 17.6 Å². The van der Waals surface area contributed by atoms with Gasteiger partial charge in [-0.05, 0) is 31.0 Å². The molecule has 0 saturated heterocycles. The smallest absolute Gasteiger partial charge is 0.343 e. The zero-order valence-corrected chi connectivity index (χ0v) is 9.57. The fraction of sp³-hybridized carbons (Fsp3) is 0.333. The van der Waals surface area contributed by atoms with E-state index in [1.807, 2.05) is 19.9 Å². The van der Waals surface area contributed by atoms with Crippen molar-refractivity contribution in [2.45, 2.75) is 13.8 Å². The van der Waals surface area contributed by atoms with Crippen LogP contribution in [0.2, 0.25) is 0 Å². The van der Waals surface area contributed by atoms with Gasteiger partial charge in [0.25, 0.3) is 0 Å². The van der Waals surface area contributed by atoms with Gasteiger partial charge >= 0.3 is 5.97 Å². The van der Waals surface area contributed by atoms with Gasteiger partial charge in [-0.3, -0.25) is 4.79 Å². The quantitative estimate of drug-likeness (QED) is 0.574. The number of carbonyl (C=O) groups is 2. The van der Waals surface area contributed by atoms with Gasteiger partial charge in [-0.25, -0.2) is 4.79 Å². The summed E-state index contributed by atoms with van der Waals surface area (Å²) < 4.78 is 9.72. The van der Waals surface area contributed by atoms with E-state index >= 15 is 0 Å². The summed E-state index contributed by atoms with van der Waals surface area (Å²) in [7, 11) is 1.29. The Balaban J connectivity index is 2.94. The highest BCUT2D eigenvalue weighted by Crippen LogP contribution is 2.23. The zero-order chi connectivity index (χ0) is 12.1. The van der Waals surface area contributed by atoms with Crippen molar-refractivity contribution in [3.8, 4) is 5.75 Å². The maximum absolute atomic E-state index is 10.9. The van der Waals surface area contributed by atoms with Crippen LogP contribution in [0.15, 0.2) is 12.1 Å². The third-order valence-corrected chi connectivity index (χ3v) is 2.14. The summed E-state index contributed by atoms with van der Waals surface area (Å²) in [4.78, 5) is 21.8. The summed E-state index contributed by atoms with van der Waals surface area (Å²) in [5.41, 5.74) is 2.25. The maximum atomic E-state index is 10.9. The van der Waals surface area contributed by atoms with Gasteiger partial charge < -0.3 is 9.47 Å². The number of esters is 1. The van der Waals surface area contributed by atoms with Crippen LogP contribution in [0.5, 0.6) is 5.75 Å². The van der Waals surface area contributed by atoms with Crippen LogP contribution >= 0.6 is 0 Å². The normalized spacial score (nSPS) is 9.69. The summed E-state index contributed by atoms with van der Waals surface area (Å²) in [6, 6.07) is 3.60. The van der Waals surface area contributed by atoms with E-state index in [2.05, 4.69) is 4.74 Å². The highest BCUT2D eigenvalue weighted by molar-refractivity contribution is 5.81. The third-order valence-electron chi connectivity index (χ3n) is 2.14. The number of hydrogen-bond donors (Lipinski definition) is 0. The Hall–Kier alpha value is -1.84. The van der Waals surface area contributed by atoms with Gasteiger partial charge in [-0.2, -0.15) is 0 Å². The van der Waals surface area contributed by atoms with Gasteiger partial charge in [-0.1, -0.05) is 6.07 Å². The van der Waals surface area contributed by atoms with Gasteiger partial charge in [-0.15, -0.1) is 0 Å². The van der Waals surface area contributed by atoms with E-state index in [0.717, 1.165) is 11.1 Å². The van der Waals surface area contributed by atoms with Gasteiger partial charge in [0.15, 0.2) is 12.9 Å². The third kappa shape index (κ3) is 2.82. The van der Waals surface area contributed by atoms with Crippen LogP contribution in [0.4, 0.5) is 0 Å². The van der Waals surface area contributed by atoms with E-state index in [1.165, 1.54) is 7.11 Å². The lowest BCUT2D eigenvalue weighted by Crippen LogP contribution is -2.14. The van der Waals surface area contributed by atoms with Crippen molar-refractivity contribution in [3.05, 3.63) is 28.8 Å². The van der Waals surface area contributed by atoms with E-state index < -0.39 is 5.97 Å². The molecule has 0 bridgehead atoms. The van der Waals surface area contributed by atoms with Gasteiger partial charge in [0, 0.05) is 0 Å². The first-order valence-corrected chi connectivity index (χ1v) is 4.84. The molecule has 4 nitrogen and oxygen atoms in total. The number of benzene rings is 1. The van der Waals surface area contributed by atoms with Crippen molar-refractivity contribution in [3.63, 3.8) is 0 Å². The van der Waals surface area contributed by atoms with Gasteiger partial charge in [0.2, 0.25) is 0 Å². The lowest BCUT2D eigenvalue weighted by atomic mass is 10.1. The Morgan fingerprint density at radius 3 is 2.62 bits per heavy atom. The van der Waals surface area contributed by atoms with E-state index in [-0.39, 0.29) is 6.61 Å². The molecule has 0 aliphatic heterocycles. The fourth-order valence-corrected chi connectivity index (χ4v) is 1.46. The van der Waals surface area contributed by atoms with Crippen molar-refractivity contribution in [2.75, 3.05) is 13.7 Å². The minimum Gasteiger partial charge on any atom is -0.481 e. The Morgan fingerprint density at radius 2 is 2.06 bits per heavy atom. The Morgan fingerprint density at radius 1 is 1.38 bits per heavy atom. The molecule has 0 aromatic heterocycles.